The fourth-order valence-electron chi connectivity index (χ4n) is 3.09. The Hall–Kier alpha value is -2.95. The van der Waals surface area contributed by atoms with Crippen LogP contribution in [0, 0.1) is 5.82 Å². The maximum absolute atomic E-state index is 14.4. The summed E-state index contributed by atoms with van der Waals surface area (Å²) in [5, 5.41) is 0. The average Bonchev–Trinajstić information content (AvgIpc) is 2.64. The second-order valence-corrected chi connectivity index (χ2v) is 6.32. The minimum Gasteiger partial charge on any atom is -0.291 e. The molecule has 4 rings (SSSR count). The average molecular weight is 333 g/mol. The van der Waals surface area contributed by atoms with Gasteiger partial charge in [0.15, 0.2) is 5.78 Å². The molecule has 2 heterocycles. The summed E-state index contributed by atoms with van der Waals surface area (Å²) in [4.78, 5) is 26.5. The van der Waals surface area contributed by atoms with Crippen molar-refractivity contribution in [3.8, 4) is 0 Å². The van der Waals surface area contributed by atoms with E-state index >= 15 is 0 Å². The molecule has 0 bridgehead atoms. The summed E-state index contributed by atoms with van der Waals surface area (Å²) in [6.07, 6.45) is 2.10. The molecule has 124 valence electrons. The smallest absolute Gasteiger partial charge is 0.193 e. The van der Waals surface area contributed by atoms with Crippen molar-refractivity contribution < 1.29 is 9.18 Å². The van der Waals surface area contributed by atoms with Crippen LogP contribution in [0.25, 0.3) is 11.0 Å². The molecular formula is C20H16FN3O. The summed E-state index contributed by atoms with van der Waals surface area (Å²) >= 11 is 0. The van der Waals surface area contributed by atoms with Gasteiger partial charge < -0.3 is 0 Å². The Labute approximate surface area is 144 Å². The molecule has 0 saturated heterocycles. The van der Waals surface area contributed by atoms with Crippen molar-refractivity contribution in [3.05, 3.63) is 71.3 Å². The Morgan fingerprint density at radius 2 is 1.84 bits per heavy atom. The number of carbonyl (C=O) groups is 1. The number of benzene rings is 2. The van der Waals surface area contributed by atoms with E-state index in [1.807, 2.05) is 31.2 Å². The number of nitrogens with zero attached hydrogens (tertiary/aromatic N) is 3. The lowest BCUT2D eigenvalue weighted by molar-refractivity contribution is 0.0892. The van der Waals surface area contributed by atoms with Crippen molar-refractivity contribution in [3.63, 3.8) is 0 Å². The minimum absolute atomic E-state index is 0.0896. The highest BCUT2D eigenvalue weighted by Crippen LogP contribution is 2.32. The highest BCUT2D eigenvalue weighted by atomic mass is 19.1. The zero-order chi connectivity index (χ0) is 17.6. The van der Waals surface area contributed by atoms with E-state index in [1.54, 1.807) is 25.3 Å². The largest absolute Gasteiger partial charge is 0.291 e. The van der Waals surface area contributed by atoms with Gasteiger partial charge >= 0.3 is 0 Å². The quantitative estimate of drug-likeness (QED) is 0.713. The molecule has 1 atom stereocenters. The van der Waals surface area contributed by atoms with Crippen LogP contribution in [0.1, 0.15) is 41.9 Å². The van der Waals surface area contributed by atoms with Crippen LogP contribution in [-0.4, -0.2) is 27.0 Å². The van der Waals surface area contributed by atoms with Crippen LogP contribution in [0.15, 0.2) is 53.7 Å². The van der Waals surface area contributed by atoms with E-state index in [-0.39, 0.29) is 11.3 Å². The Bertz CT molecular complexity index is 1040. The molecule has 25 heavy (non-hydrogen) atoms. The van der Waals surface area contributed by atoms with Crippen LogP contribution in [0.2, 0.25) is 0 Å². The van der Waals surface area contributed by atoms with Crippen molar-refractivity contribution in [2.24, 2.45) is 4.99 Å². The highest BCUT2D eigenvalue weighted by Gasteiger charge is 2.40. The van der Waals surface area contributed by atoms with Crippen molar-refractivity contribution in [1.82, 2.24) is 9.97 Å². The van der Waals surface area contributed by atoms with Gasteiger partial charge in [0.2, 0.25) is 0 Å². The third kappa shape index (κ3) is 2.35. The summed E-state index contributed by atoms with van der Waals surface area (Å²) in [5.74, 6) is -0.816. The molecule has 1 unspecified atom stereocenters. The first-order chi connectivity index (χ1) is 12.0. The van der Waals surface area contributed by atoms with Crippen LogP contribution in [0.4, 0.5) is 4.39 Å². The maximum Gasteiger partial charge on any atom is 0.193 e. The number of fused-ring (bicyclic) bond motifs is 2. The summed E-state index contributed by atoms with van der Waals surface area (Å²) in [7, 11) is 0. The molecule has 0 amide bonds. The lowest BCUT2D eigenvalue weighted by Gasteiger charge is -2.29. The van der Waals surface area contributed by atoms with Crippen molar-refractivity contribution in [2.45, 2.75) is 25.8 Å². The van der Waals surface area contributed by atoms with Gasteiger partial charge in [0.05, 0.1) is 28.5 Å². The molecule has 1 aliphatic rings. The lowest BCUT2D eigenvalue weighted by atomic mass is 9.82. The van der Waals surface area contributed by atoms with Crippen LogP contribution in [-0.2, 0) is 0 Å². The maximum atomic E-state index is 14.4. The number of carbonyl (C=O) groups excluding carboxylic acids is 1. The Kier molecular flexibility index (Phi) is 3.46. The highest BCUT2D eigenvalue weighted by molar-refractivity contribution is 6.23. The van der Waals surface area contributed by atoms with Crippen LogP contribution in [0.3, 0.4) is 0 Å². The molecule has 2 aromatic carbocycles. The van der Waals surface area contributed by atoms with Gasteiger partial charge in [0.1, 0.15) is 17.1 Å². The molecule has 0 spiro atoms. The first-order valence-corrected chi connectivity index (χ1v) is 8.19. The van der Waals surface area contributed by atoms with Crippen LogP contribution >= 0.6 is 0 Å². The Morgan fingerprint density at radius 1 is 1.08 bits per heavy atom. The lowest BCUT2D eigenvalue weighted by Crippen LogP contribution is -2.39. The van der Waals surface area contributed by atoms with Gasteiger partial charge in [-0.25, -0.2) is 9.37 Å². The number of halogens is 1. The predicted molar refractivity (Wildman–Crippen MR) is 94.6 cm³/mol. The number of rotatable bonds is 2. The number of para-hydroxylation sites is 2. The van der Waals surface area contributed by atoms with E-state index in [9.17, 15) is 9.18 Å². The van der Waals surface area contributed by atoms with Gasteiger partial charge in [-0.05, 0) is 31.5 Å². The van der Waals surface area contributed by atoms with Gasteiger partial charge in [0.25, 0.3) is 0 Å². The standard InChI is InChI=1S/C20H16FN3O/c1-3-20(2)19(25)17-12(7-6-8-13(17)21)18(24-20)16-11-22-14-9-4-5-10-15(14)23-16/h4-11H,3H2,1-2H3. The third-order valence-corrected chi connectivity index (χ3v) is 4.72. The van der Waals surface area contributed by atoms with Crippen LogP contribution in [0.5, 0.6) is 0 Å². The second kappa shape index (κ2) is 5.55. The molecule has 0 N–H and O–H groups in total. The fourth-order valence-corrected chi connectivity index (χ4v) is 3.09. The van der Waals surface area contributed by atoms with Gasteiger partial charge in [-0.2, -0.15) is 0 Å². The monoisotopic (exact) mass is 333 g/mol. The number of Topliss-reactive ketones (excluding diaryl/α,β-unsaturated/α-hetero) is 1. The zero-order valence-electron chi connectivity index (χ0n) is 14.0. The van der Waals surface area contributed by atoms with Crippen molar-refractivity contribution in [1.29, 1.82) is 0 Å². The predicted octanol–water partition coefficient (Wildman–Crippen LogP) is 3.97. The molecule has 0 saturated carbocycles. The van der Waals surface area contributed by atoms with E-state index in [1.165, 1.54) is 6.07 Å². The first-order valence-electron chi connectivity index (χ1n) is 8.19. The normalized spacial score (nSPS) is 19.6. The molecule has 3 aromatic rings. The molecule has 0 radical (unpaired) electrons. The SMILES string of the molecule is CCC1(C)N=C(c2cnc3ccccc3n2)c2cccc(F)c2C1=O. The van der Waals surface area contributed by atoms with Crippen LogP contribution < -0.4 is 0 Å². The number of hydrogen-bond donors (Lipinski definition) is 0. The van der Waals surface area contributed by atoms with Gasteiger partial charge in [-0.1, -0.05) is 31.2 Å². The third-order valence-electron chi connectivity index (χ3n) is 4.72. The van der Waals surface area contributed by atoms with E-state index in [2.05, 4.69) is 15.0 Å². The van der Waals surface area contributed by atoms with E-state index in [4.69, 9.17) is 0 Å². The molecule has 1 aliphatic heterocycles. The van der Waals surface area contributed by atoms with E-state index in [0.29, 0.717) is 23.4 Å². The number of hydrogen-bond acceptors (Lipinski definition) is 4. The molecule has 1 aromatic heterocycles. The van der Waals surface area contributed by atoms with E-state index < -0.39 is 11.4 Å². The number of ketones is 1. The molecule has 5 heteroatoms. The fraction of sp³-hybridized carbons (Fsp3) is 0.200. The number of aromatic nitrogens is 2. The molecule has 0 fully saturated rings. The van der Waals surface area contributed by atoms with Gasteiger partial charge in [-0.3, -0.25) is 14.8 Å². The minimum atomic E-state index is -1.00. The van der Waals surface area contributed by atoms with Gasteiger partial charge in [0, 0.05) is 5.56 Å². The molecular weight excluding hydrogens is 317 g/mol. The first kappa shape index (κ1) is 15.6. The zero-order valence-corrected chi connectivity index (χ0v) is 14.0. The Morgan fingerprint density at radius 3 is 2.60 bits per heavy atom. The number of aliphatic imine (C=N–C) groups is 1. The summed E-state index contributed by atoms with van der Waals surface area (Å²) in [5.41, 5.74) is 2.12. The molecule has 0 aliphatic carbocycles. The van der Waals surface area contributed by atoms with E-state index in [0.717, 1.165) is 11.0 Å². The second-order valence-electron chi connectivity index (χ2n) is 6.32. The topological polar surface area (TPSA) is 55.2 Å². The summed E-state index contributed by atoms with van der Waals surface area (Å²) in [6.45, 7) is 3.61. The molecule has 4 nitrogen and oxygen atoms in total. The van der Waals surface area contributed by atoms with Crippen molar-refractivity contribution >= 4 is 22.5 Å². The van der Waals surface area contributed by atoms with Crippen molar-refractivity contribution in [2.75, 3.05) is 0 Å². The summed E-state index contributed by atoms with van der Waals surface area (Å²) in [6, 6.07) is 12.1. The Balaban J connectivity index is 1.99. The van der Waals surface area contributed by atoms with Gasteiger partial charge in [-0.15, -0.1) is 0 Å². The summed E-state index contributed by atoms with van der Waals surface area (Å²) < 4.78 is 14.4.